The van der Waals surface area contributed by atoms with Crippen LogP contribution in [0.4, 0.5) is 4.39 Å². The van der Waals surface area contributed by atoms with Gasteiger partial charge in [0.15, 0.2) is 17.4 Å². The fourth-order valence-corrected chi connectivity index (χ4v) is 3.56. The van der Waals surface area contributed by atoms with Gasteiger partial charge in [0.25, 0.3) is 0 Å². The molecular weight excluding hydrogens is 498 g/mol. The Bertz CT molecular complexity index is 993. The molecule has 1 aromatic carbocycles. The van der Waals surface area contributed by atoms with Crippen molar-refractivity contribution < 1.29 is 9.13 Å². The van der Waals surface area contributed by atoms with Gasteiger partial charge in [-0.1, -0.05) is 18.2 Å². The number of pyridine rings is 1. The zero-order valence-corrected chi connectivity index (χ0v) is 19.4. The smallest absolute Gasteiger partial charge is 0.194 e. The molecular formula is C21H26FIN6O. The average Bonchev–Trinajstić information content (AvgIpc) is 3.14. The van der Waals surface area contributed by atoms with Gasteiger partial charge in [-0.2, -0.15) is 0 Å². The van der Waals surface area contributed by atoms with E-state index in [1.54, 1.807) is 12.1 Å². The average molecular weight is 524 g/mol. The first-order chi connectivity index (χ1) is 14.1. The summed E-state index contributed by atoms with van der Waals surface area (Å²) in [6, 6.07) is 12.3. The van der Waals surface area contributed by atoms with Gasteiger partial charge in [-0.15, -0.1) is 34.2 Å². The van der Waals surface area contributed by atoms with Crippen molar-refractivity contribution in [3.05, 3.63) is 65.9 Å². The Morgan fingerprint density at radius 2 is 2.00 bits per heavy atom. The normalized spacial score (nSPS) is 19.6. The highest BCUT2D eigenvalue weighted by atomic mass is 127. The summed E-state index contributed by atoms with van der Waals surface area (Å²) in [5.74, 6) is 1.35. The lowest BCUT2D eigenvalue weighted by molar-refractivity contribution is -0.0605. The number of morpholine rings is 1. The number of rotatable bonds is 4. The van der Waals surface area contributed by atoms with Crippen LogP contribution in [0.2, 0.25) is 0 Å². The van der Waals surface area contributed by atoms with Gasteiger partial charge in [-0.25, -0.2) is 9.38 Å². The van der Waals surface area contributed by atoms with Crippen molar-refractivity contribution >= 4 is 35.6 Å². The molecule has 0 aliphatic carbocycles. The number of aromatic nitrogens is 3. The number of nitrogens with zero attached hydrogens (tertiary/aromatic N) is 5. The number of ether oxygens (including phenoxy) is 1. The van der Waals surface area contributed by atoms with E-state index in [9.17, 15) is 4.39 Å². The summed E-state index contributed by atoms with van der Waals surface area (Å²) >= 11 is 0. The second kappa shape index (κ2) is 10.2. The second-order valence-electron chi connectivity index (χ2n) is 7.11. The fraction of sp³-hybridized carbons (Fsp3) is 0.381. The van der Waals surface area contributed by atoms with Crippen LogP contribution in [0.5, 0.6) is 0 Å². The molecule has 160 valence electrons. The molecule has 9 heteroatoms. The zero-order chi connectivity index (χ0) is 20.2. The van der Waals surface area contributed by atoms with Gasteiger partial charge in [0.05, 0.1) is 12.6 Å². The van der Waals surface area contributed by atoms with E-state index in [0.717, 1.165) is 36.1 Å². The number of halogens is 2. The van der Waals surface area contributed by atoms with Crippen LogP contribution >= 0.6 is 24.0 Å². The molecule has 1 N–H and O–H groups in total. The molecule has 0 bridgehead atoms. The maximum Gasteiger partial charge on any atom is 0.194 e. The van der Waals surface area contributed by atoms with E-state index in [1.807, 2.05) is 42.6 Å². The largest absolute Gasteiger partial charge is 0.367 e. The number of hydrogen-bond donors (Lipinski definition) is 1. The summed E-state index contributed by atoms with van der Waals surface area (Å²) in [6.07, 6.45) is 1.82. The standard InChI is InChI=1S/C21H25FN6O.HI/c1-3-23-21(24-12-20-26-25-19-6-4-5-11-28(19)20)27-13-15(2)29-18(14-27)16-7-9-17(22)10-8-16;/h4-11,15,18H,3,12-14H2,1-2H3,(H,23,24);1H. The Balaban J connectivity index is 0.00000256. The Morgan fingerprint density at radius 1 is 1.20 bits per heavy atom. The molecule has 4 rings (SSSR count). The summed E-state index contributed by atoms with van der Waals surface area (Å²) in [6.45, 7) is 6.63. The molecule has 0 saturated carbocycles. The first kappa shape index (κ1) is 22.4. The molecule has 2 aromatic heterocycles. The van der Waals surface area contributed by atoms with Crippen molar-refractivity contribution in [1.29, 1.82) is 0 Å². The number of nitrogens with one attached hydrogen (secondary N) is 1. The van der Waals surface area contributed by atoms with E-state index in [-0.39, 0.29) is 42.0 Å². The van der Waals surface area contributed by atoms with Crippen LogP contribution in [-0.4, -0.2) is 51.2 Å². The Labute approximate surface area is 192 Å². The van der Waals surface area contributed by atoms with E-state index < -0.39 is 0 Å². The van der Waals surface area contributed by atoms with Crippen molar-refractivity contribution in [1.82, 2.24) is 24.8 Å². The van der Waals surface area contributed by atoms with E-state index in [2.05, 4.69) is 20.4 Å². The van der Waals surface area contributed by atoms with Crippen LogP contribution in [0.1, 0.15) is 31.3 Å². The number of benzene rings is 1. The van der Waals surface area contributed by atoms with E-state index >= 15 is 0 Å². The highest BCUT2D eigenvalue weighted by Crippen LogP contribution is 2.25. The molecule has 1 aliphatic rings. The van der Waals surface area contributed by atoms with Gasteiger partial charge >= 0.3 is 0 Å². The minimum atomic E-state index is -0.245. The molecule has 0 spiro atoms. The van der Waals surface area contributed by atoms with Gasteiger partial charge in [-0.3, -0.25) is 4.40 Å². The van der Waals surface area contributed by atoms with Crippen molar-refractivity contribution in [3.63, 3.8) is 0 Å². The molecule has 2 unspecified atom stereocenters. The predicted octanol–water partition coefficient (Wildman–Crippen LogP) is 3.41. The van der Waals surface area contributed by atoms with Crippen LogP contribution < -0.4 is 5.32 Å². The van der Waals surface area contributed by atoms with Gasteiger partial charge < -0.3 is 15.0 Å². The van der Waals surface area contributed by atoms with Gasteiger partial charge in [0.2, 0.25) is 0 Å². The highest BCUT2D eigenvalue weighted by Gasteiger charge is 2.28. The third kappa shape index (κ3) is 5.07. The first-order valence-corrected chi connectivity index (χ1v) is 9.87. The SMILES string of the molecule is CCNC(=NCc1nnc2ccccn12)N1CC(C)OC(c2ccc(F)cc2)C1.I. The highest BCUT2D eigenvalue weighted by molar-refractivity contribution is 14.0. The maximum atomic E-state index is 13.3. The number of fused-ring (bicyclic) bond motifs is 1. The molecule has 3 heterocycles. The zero-order valence-electron chi connectivity index (χ0n) is 17.0. The van der Waals surface area contributed by atoms with Gasteiger partial charge in [0, 0.05) is 19.3 Å². The molecule has 2 atom stereocenters. The third-order valence-corrected chi connectivity index (χ3v) is 4.89. The Hall–Kier alpha value is -2.27. The van der Waals surface area contributed by atoms with Crippen molar-refractivity contribution in [3.8, 4) is 0 Å². The van der Waals surface area contributed by atoms with E-state index in [4.69, 9.17) is 9.73 Å². The molecule has 0 amide bonds. The van der Waals surface area contributed by atoms with Crippen LogP contribution in [0.3, 0.4) is 0 Å². The Morgan fingerprint density at radius 3 is 2.77 bits per heavy atom. The van der Waals surface area contributed by atoms with Crippen LogP contribution in [0, 0.1) is 5.82 Å². The molecule has 7 nitrogen and oxygen atoms in total. The van der Waals surface area contributed by atoms with Crippen LogP contribution in [0.15, 0.2) is 53.7 Å². The van der Waals surface area contributed by atoms with Crippen molar-refractivity contribution in [2.75, 3.05) is 19.6 Å². The molecule has 1 saturated heterocycles. The Kier molecular flexibility index (Phi) is 7.59. The lowest BCUT2D eigenvalue weighted by atomic mass is 10.1. The lowest BCUT2D eigenvalue weighted by Crippen LogP contribution is -2.50. The molecule has 30 heavy (non-hydrogen) atoms. The van der Waals surface area contributed by atoms with Crippen molar-refractivity contribution in [2.24, 2.45) is 4.99 Å². The van der Waals surface area contributed by atoms with E-state index in [1.165, 1.54) is 12.1 Å². The third-order valence-electron chi connectivity index (χ3n) is 4.89. The van der Waals surface area contributed by atoms with Gasteiger partial charge in [0.1, 0.15) is 18.5 Å². The topological polar surface area (TPSA) is 67.0 Å². The number of guanidine groups is 1. The summed E-state index contributed by atoms with van der Waals surface area (Å²) < 4.78 is 21.3. The fourth-order valence-electron chi connectivity index (χ4n) is 3.56. The summed E-state index contributed by atoms with van der Waals surface area (Å²) in [4.78, 5) is 6.99. The molecule has 3 aromatic rings. The summed E-state index contributed by atoms with van der Waals surface area (Å²) in [5.41, 5.74) is 1.77. The van der Waals surface area contributed by atoms with Gasteiger partial charge in [-0.05, 0) is 43.7 Å². The lowest BCUT2D eigenvalue weighted by Gasteiger charge is -2.38. The summed E-state index contributed by atoms with van der Waals surface area (Å²) in [7, 11) is 0. The first-order valence-electron chi connectivity index (χ1n) is 9.87. The maximum absolute atomic E-state index is 13.3. The number of aliphatic imine (C=N–C) groups is 1. The van der Waals surface area contributed by atoms with Crippen LogP contribution in [0.25, 0.3) is 5.65 Å². The monoisotopic (exact) mass is 524 g/mol. The molecule has 1 aliphatic heterocycles. The second-order valence-corrected chi connectivity index (χ2v) is 7.11. The quantitative estimate of drug-likeness (QED) is 0.322. The minimum absolute atomic E-state index is 0. The van der Waals surface area contributed by atoms with Crippen molar-refractivity contribution in [2.45, 2.75) is 32.6 Å². The predicted molar refractivity (Wildman–Crippen MR) is 124 cm³/mol. The molecule has 0 radical (unpaired) electrons. The number of hydrogen-bond acceptors (Lipinski definition) is 4. The minimum Gasteiger partial charge on any atom is -0.367 e. The van der Waals surface area contributed by atoms with Crippen LogP contribution in [-0.2, 0) is 11.3 Å². The van der Waals surface area contributed by atoms with E-state index in [0.29, 0.717) is 13.1 Å². The molecule has 1 fully saturated rings. The summed E-state index contributed by atoms with van der Waals surface area (Å²) in [5, 5.41) is 11.8.